The van der Waals surface area contributed by atoms with E-state index in [4.69, 9.17) is 9.47 Å². The Labute approximate surface area is 94.7 Å². The molecule has 15 heavy (non-hydrogen) atoms. The molecule has 2 nitrogen and oxygen atoms in total. The molecular formula is C13H26O2. The number of hydrogen-bond acceptors (Lipinski definition) is 2. The first-order chi connectivity index (χ1) is 6.62. The van der Waals surface area contributed by atoms with E-state index in [0.29, 0.717) is 0 Å². The third-order valence-electron chi connectivity index (χ3n) is 2.37. The number of allylic oxidation sites excluding steroid dienone is 1. The van der Waals surface area contributed by atoms with Crippen LogP contribution in [0.15, 0.2) is 11.8 Å². The molecule has 0 bridgehead atoms. The van der Waals surface area contributed by atoms with Crippen LogP contribution in [0.3, 0.4) is 0 Å². The van der Waals surface area contributed by atoms with Crippen molar-refractivity contribution in [2.24, 2.45) is 10.8 Å². The van der Waals surface area contributed by atoms with Crippen molar-refractivity contribution >= 4 is 0 Å². The van der Waals surface area contributed by atoms with E-state index >= 15 is 0 Å². The minimum absolute atomic E-state index is 0.0246. The second kappa shape index (κ2) is 5.02. The van der Waals surface area contributed by atoms with Crippen molar-refractivity contribution < 1.29 is 9.47 Å². The molecule has 0 saturated carbocycles. The van der Waals surface area contributed by atoms with Crippen molar-refractivity contribution in [2.75, 3.05) is 14.2 Å². The van der Waals surface area contributed by atoms with Gasteiger partial charge in [0.2, 0.25) is 0 Å². The highest BCUT2D eigenvalue weighted by Gasteiger charge is 2.26. The molecule has 0 heterocycles. The second-order valence-electron chi connectivity index (χ2n) is 6.01. The molecule has 1 unspecified atom stereocenters. The maximum atomic E-state index is 5.49. The third-order valence-corrected chi connectivity index (χ3v) is 2.37. The van der Waals surface area contributed by atoms with Crippen molar-refractivity contribution in [1.29, 1.82) is 0 Å². The van der Waals surface area contributed by atoms with Crippen LogP contribution in [-0.4, -0.2) is 20.3 Å². The Morgan fingerprint density at radius 2 is 1.47 bits per heavy atom. The van der Waals surface area contributed by atoms with Gasteiger partial charge in [0.05, 0.1) is 19.0 Å². The highest BCUT2D eigenvalue weighted by molar-refractivity contribution is 5.08. The van der Waals surface area contributed by atoms with Gasteiger partial charge in [-0.1, -0.05) is 41.5 Å². The van der Waals surface area contributed by atoms with E-state index in [-0.39, 0.29) is 16.9 Å². The Morgan fingerprint density at radius 3 is 1.67 bits per heavy atom. The molecule has 0 aromatic rings. The van der Waals surface area contributed by atoms with Crippen LogP contribution < -0.4 is 0 Å². The normalized spacial score (nSPS) is 16.4. The number of ether oxygens (including phenoxy) is 2. The first-order valence-corrected chi connectivity index (χ1v) is 5.42. The van der Waals surface area contributed by atoms with Crippen molar-refractivity contribution in [3.8, 4) is 0 Å². The van der Waals surface area contributed by atoms with Crippen molar-refractivity contribution in [1.82, 2.24) is 0 Å². The maximum absolute atomic E-state index is 5.49. The SMILES string of the molecule is CO/C(=C\C(OC)C(C)(C)C)C(C)(C)C. The molecule has 0 saturated heterocycles. The summed E-state index contributed by atoms with van der Waals surface area (Å²) in [6.07, 6.45) is 2.16. The first kappa shape index (κ1) is 14.5. The van der Waals surface area contributed by atoms with E-state index < -0.39 is 0 Å². The van der Waals surface area contributed by atoms with E-state index in [9.17, 15) is 0 Å². The zero-order valence-corrected chi connectivity index (χ0v) is 11.5. The van der Waals surface area contributed by atoms with Crippen LogP contribution in [0.25, 0.3) is 0 Å². The predicted molar refractivity (Wildman–Crippen MR) is 64.8 cm³/mol. The van der Waals surface area contributed by atoms with E-state index in [2.05, 4.69) is 47.6 Å². The van der Waals surface area contributed by atoms with Crippen LogP contribution in [0.1, 0.15) is 41.5 Å². The minimum atomic E-state index is 0.0246. The van der Waals surface area contributed by atoms with Crippen molar-refractivity contribution in [3.05, 3.63) is 11.8 Å². The summed E-state index contributed by atoms with van der Waals surface area (Å²) in [5.74, 6) is 0.976. The van der Waals surface area contributed by atoms with Crippen LogP contribution in [0.5, 0.6) is 0 Å². The Balaban J connectivity index is 4.96. The van der Waals surface area contributed by atoms with E-state index in [1.165, 1.54) is 0 Å². The molecule has 0 aromatic carbocycles. The summed E-state index contributed by atoms with van der Waals surface area (Å²) in [7, 11) is 3.45. The van der Waals surface area contributed by atoms with Gasteiger partial charge in [-0.05, 0) is 11.5 Å². The van der Waals surface area contributed by atoms with Crippen LogP contribution in [-0.2, 0) is 9.47 Å². The fourth-order valence-electron chi connectivity index (χ4n) is 1.43. The second-order valence-corrected chi connectivity index (χ2v) is 6.01. The van der Waals surface area contributed by atoms with Crippen molar-refractivity contribution in [2.45, 2.75) is 47.6 Å². The summed E-state index contributed by atoms with van der Waals surface area (Å²) in [6.45, 7) is 12.9. The average molecular weight is 214 g/mol. The topological polar surface area (TPSA) is 18.5 Å². The zero-order chi connectivity index (χ0) is 12.3. The van der Waals surface area contributed by atoms with Gasteiger partial charge in [-0.15, -0.1) is 0 Å². The molecule has 0 aliphatic rings. The van der Waals surface area contributed by atoms with Gasteiger partial charge in [0, 0.05) is 12.5 Å². The molecule has 0 N–H and O–H groups in total. The van der Waals surface area contributed by atoms with Gasteiger partial charge in [0.15, 0.2) is 0 Å². The summed E-state index contributed by atoms with van der Waals surface area (Å²) in [5, 5.41) is 0. The molecular weight excluding hydrogens is 188 g/mol. The molecule has 2 heteroatoms. The molecule has 1 atom stereocenters. The van der Waals surface area contributed by atoms with Crippen LogP contribution >= 0.6 is 0 Å². The molecule has 0 fully saturated rings. The highest BCUT2D eigenvalue weighted by atomic mass is 16.5. The number of hydrogen-bond donors (Lipinski definition) is 0. The van der Waals surface area contributed by atoms with Gasteiger partial charge in [-0.25, -0.2) is 0 Å². The highest BCUT2D eigenvalue weighted by Crippen LogP contribution is 2.30. The van der Waals surface area contributed by atoms with E-state index in [0.717, 1.165) is 5.76 Å². The molecule has 0 rings (SSSR count). The lowest BCUT2D eigenvalue weighted by molar-refractivity contribution is 0.0474. The summed E-state index contributed by atoms with van der Waals surface area (Å²) >= 11 is 0. The lowest BCUT2D eigenvalue weighted by atomic mass is 9.85. The lowest BCUT2D eigenvalue weighted by Crippen LogP contribution is -2.28. The smallest absolute Gasteiger partial charge is 0.0994 e. The van der Waals surface area contributed by atoms with Crippen LogP contribution in [0.2, 0.25) is 0 Å². The Kier molecular flexibility index (Phi) is 4.85. The minimum Gasteiger partial charge on any atom is -0.501 e. The standard InChI is InChI=1S/C13H26O2/c1-12(2,3)10(14-7)9-11(15-8)13(4,5)6/h9-10H,1-8H3/b11-9-. The molecule has 0 spiro atoms. The molecule has 0 aliphatic heterocycles. The Hall–Kier alpha value is -0.500. The van der Waals surface area contributed by atoms with Gasteiger partial charge in [0.25, 0.3) is 0 Å². The quantitative estimate of drug-likeness (QED) is 0.668. The van der Waals surface area contributed by atoms with Gasteiger partial charge in [-0.2, -0.15) is 0 Å². The fraction of sp³-hybridized carbons (Fsp3) is 0.846. The van der Waals surface area contributed by atoms with Crippen LogP contribution in [0, 0.1) is 10.8 Å². The van der Waals surface area contributed by atoms with Crippen LogP contribution in [0.4, 0.5) is 0 Å². The lowest BCUT2D eigenvalue weighted by Gasteiger charge is -2.30. The van der Waals surface area contributed by atoms with Gasteiger partial charge in [0.1, 0.15) is 0 Å². The summed E-state index contributed by atoms with van der Waals surface area (Å²) < 4.78 is 10.9. The zero-order valence-electron chi connectivity index (χ0n) is 11.5. The largest absolute Gasteiger partial charge is 0.501 e. The monoisotopic (exact) mass is 214 g/mol. The van der Waals surface area contributed by atoms with E-state index in [1.807, 2.05) is 0 Å². The van der Waals surface area contributed by atoms with Gasteiger partial charge in [-0.3, -0.25) is 0 Å². The van der Waals surface area contributed by atoms with Gasteiger partial charge < -0.3 is 9.47 Å². The molecule has 90 valence electrons. The first-order valence-electron chi connectivity index (χ1n) is 5.42. The summed E-state index contributed by atoms with van der Waals surface area (Å²) in [4.78, 5) is 0. The van der Waals surface area contributed by atoms with E-state index in [1.54, 1.807) is 14.2 Å². The molecule has 0 radical (unpaired) electrons. The predicted octanol–water partition coefficient (Wildman–Crippen LogP) is 3.62. The van der Waals surface area contributed by atoms with Gasteiger partial charge >= 0.3 is 0 Å². The Morgan fingerprint density at radius 1 is 1.00 bits per heavy atom. The number of rotatable bonds is 3. The molecule has 0 aromatic heterocycles. The van der Waals surface area contributed by atoms with Crippen molar-refractivity contribution in [3.63, 3.8) is 0 Å². The third kappa shape index (κ3) is 4.70. The summed E-state index contributed by atoms with van der Waals surface area (Å²) in [5.41, 5.74) is 0.112. The number of methoxy groups -OCH3 is 2. The molecule has 0 aliphatic carbocycles. The summed E-state index contributed by atoms with van der Waals surface area (Å²) in [6, 6.07) is 0. The maximum Gasteiger partial charge on any atom is 0.0994 e. The molecule has 0 amide bonds. The average Bonchev–Trinajstić information content (AvgIpc) is 2.01. The Bertz CT molecular complexity index is 216. The fourth-order valence-corrected chi connectivity index (χ4v) is 1.43.